The monoisotopic (exact) mass is 261 g/mol. The Labute approximate surface area is 110 Å². The number of amides is 1. The van der Waals surface area contributed by atoms with E-state index in [0.29, 0.717) is 39.2 Å². The second kappa shape index (κ2) is 10.3. The first-order valence-corrected chi connectivity index (χ1v) is 6.30. The summed E-state index contributed by atoms with van der Waals surface area (Å²) in [5.74, 6) is 0.108. The first-order chi connectivity index (χ1) is 8.51. The Morgan fingerprint density at radius 2 is 2.06 bits per heavy atom. The molecule has 0 saturated heterocycles. The maximum atomic E-state index is 11.7. The first kappa shape index (κ1) is 17.3. The molecule has 108 valence electrons. The molecular formula is C12H27N3O3. The lowest BCUT2D eigenvalue weighted by atomic mass is 10.3. The molecule has 0 radical (unpaired) electrons. The summed E-state index contributed by atoms with van der Waals surface area (Å²) in [7, 11) is 5.23. The highest BCUT2D eigenvalue weighted by atomic mass is 16.5. The number of nitrogens with two attached hydrogens (primary N) is 1. The SMILES string of the molecule is COCC(O)CN(C)CCC(=O)N(C)CCCN. The lowest BCUT2D eigenvalue weighted by molar-refractivity contribution is -0.130. The predicted octanol–water partition coefficient (Wildman–Crippen LogP) is -0.877. The number of likely N-dealkylation sites (N-methyl/N-ethyl adjacent to an activating group) is 1. The zero-order valence-electron chi connectivity index (χ0n) is 11.8. The molecule has 0 aromatic heterocycles. The molecule has 0 fully saturated rings. The van der Waals surface area contributed by atoms with Crippen molar-refractivity contribution in [1.29, 1.82) is 0 Å². The van der Waals surface area contributed by atoms with Gasteiger partial charge >= 0.3 is 0 Å². The summed E-state index contributed by atoms with van der Waals surface area (Å²) in [6.07, 6.45) is 0.770. The average Bonchev–Trinajstić information content (AvgIpc) is 2.33. The Kier molecular flexibility index (Phi) is 9.86. The van der Waals surface area contributed by atoms with Crippen LogP contribution in [0, 0.1) is 0 Å². The summed E-state index contributed by atoms with van der Waals surface area (Å²) in [4.78, 5) is 15.4. The van der Waals surface area contributed by atoms with Crippen LogP contribution in [0.5, 0.6) is 0 Å². The summed E-state index contributed by atoms with van der Waals surface area (Å²) in [6.45, 7) is 2.75. The zero-order valence-corrected chi connectivity index (χ0v) is 11.8. The van der Waals surface area contributed by atoms with Crippen LogP contribution in [-0.4, -0.2) is 80.9 Å². The first-order valence-electron chi connectivity index (χ1n) is 6.30. The van der Waals surface area contributed by atoms with E-state index in [2.05, 4.69) is 0 Å². The Hall–Kier alpha value is -0.690. The third-order valence-corrected chi connectivity index (χ3v) is 2.71. The number of aliphatic hydroxyl groups is 1. The van der Waals surface area contributed by atoms with Crippen molar-refractivity contribution >= 4 is 5.91 Å². The van der Waals surface area contributed by atoms with Crippen LogP contribution in [0.1, 0.15) is 12.8 Å². The van der Waals surface area contributed by atoms with E-state index in [9.17, 15) is 9.90 Å². The van der Waals surface area contributed by atoms with Crippen LogP contribution in [0.15, 0.2) is 0 Å². The molecule has 3 N–H and O–H groups in total. The molecule has 0 saturated carbocycles. The number of hydrogen-bond donors (Lipinski definition) is 2. The van der Waals surface area contributed by atoms with Crippen LogP contribution in [0.3, 0.4) is 0 Å². The van der Waals surface area contributed by atoms with Crippen molar-refractivity contribution in [2.45, 2.75) is 18.9 Å². The average molecular weight is 261 g/mol. The van der Waals surface area contributed by atoms with Crippen LogP contribution in [0.4, 0.5) is 0 Å². The van der Waals surface area contributed by atoms with E-state index in [1.807, 2.05) is 11.9 Å². The number of carbonyl (C=O) groups is 1. The molecule has 0 aromatic carbocycles. The minimum absolute atomic E-state index is 0.108. The maximum Gasteiger partial charge on any atom is 0.223 e. The van der Waals surface area contributed by atoms with Crippen LogP contribution in [0.25, 0.3) is 0 Å². The highest BCUT2D eigenvalue weighted by Crippen LogP contribution is 1.97. The van der Waals surface area contributed by atoms with Gasteiger partial charge in [0, 0.05) is 40.2 Å². The van der Waals surface area contributed by atoms with Gasteiger partial charge in [0.2, 0.25) is 5.91 Å². The molecule has 1 atom stereocenters. The van der Waals surface area contributed by atoms with E-state index in [-0.39, 0.29) is 5.91 Å². The predicted molar refractivity (Wildman–Crippen MR) is 71.3 cm³/mol. The van der Waals surface area contributed by atoms with E-state index >= 15 is 0 Å². The normalized spacial score (nSPS) is 12.8. The summed E-state index contributed by atoms with van der Waals surface area (Å²) in [5.41, 5.74) is 5.40. The summed E-state index contributed by atoms with van der Waals surface area (Å²) >= 11 is 0. The van der Waals surface area contributed by atoms with Gasteiger partial charge in [-0.2, -0.15) is 0 Å². The minimum Gasteiger partial charge on any atom is -0.389 e. The largest absolute Gasteiger partial charge is 0.389 e. The molecule has 18 heavy (non-hydrogen) atoms. The van der Waals surface area contributed by atoms with Gasteiger partial charge < -0.3 is 25.4 Å². The van der Waals surface area contributed by atoms with Crippen LogP contribution < -0.4 is 5.73 Å². The van der Waals surface area contributed by atoms with Gasteiger partial charge in [-0.25, -0.2) is 0 Å². The van der Waals surface area contributed by atoms with E-state index in [4.69, 9.17) is 10.5 Å². The Balaban J connectivity index is 3.76. The number of aliphatic hydroxyl groups excluding tert-OH is 1. The topological polar surface area (TPSA) is 79.0 Å². The van der Waals surface area contributed by atoms with Crippen molar-refractivity contribution in [3.05, 3.63) is 0 Å². The third kappa shape index (κ3) is 8.41. The van der Waals surface area contributed by atoms with Gasteiger partial charge in [-0.15, -0.1) is 0 Å². The quantitative estimate of drug-likeness (QED) is 0.534. The van der Waals surface area contributed by atoms with Gasteiger partial charge in [0.1, 0.15) is 0 Å². The van der Waals surface area contributed by atoms with Gasteiger partial charge in [-0.1, -0.05) is 0 Å². The third-order valence-electron chi connectivity index (χ3n) is 2.71. The molecule has 0 spiro atoms. The summed E-state index contributed by atoms with van der Waals surface area (Å²) < 4.78 is 4.85. The lowest BCUT2D eigenvalue weighted by Gasteiger charge is -2.22. The second-order valence-corrected chi connectivity index (χ2v) is 4.58. The zero-order chi connectivity index (χ0) is 14.0. The fraction of sp³-hybridized carbons (Fsp3) is 0.917. The van der Waals surface area contributed by atoms with Gasteiger partial charge in [0.05, 0.1) is 12.7 Å². The van der Waals surface area contributed by atoms with Gasteiger partial charge in [0.15, 0.2) is 0 Å². The number of ether oxygens (including phenoxy) is 1. The van der Waals surface area contributed by atoms with Crippen LogP contribution >= 0.6 is 0 Å². The molecule has 0 aliphatic heterocycles. The van der Waals surface area contributed by atoms with Gasteiger partial charge in [-0.05, 0) is 20.0 Å². The smallest absolute Gasteiger partial charge is 0.223 e. The molecule has 0 rings (SSSR count). The molecule has 0 aliphatic carbocycles. The van der Waals surface area contributed by atoms with Crippen LogP contribution in [-0.2, 0) is 9.53 Å². The van der Waals surface area contributed by atoms with Gasteiger partial charge in [0.25, 0.3) is 0 Å². The maximum absolute atomic E-state index is 11.7. The summed E-state index contributed by atoms with van der Waals surface area (Å²) in [5, 5.41) is 9.53. The molecule has 6 heteroatoms. The number of hydrogen-bond acceptors (Lipinski definition) is 5. The fourth-order valence-corrected chi connectivity index (χ4v) is 1.63. The van der Waals surface area contributed by atoms with Crippen LogP contribution in [0.2, 0.25) is 0 Å². The molecule has 1 unspecified atom stereocenters. The van der Waals surface area contributed by atoms with Crippen molar-refractivity contribution < 1.29 is 14.6 Å². The molecule has 1 amide bonds. The number of methoxy groups -OCH3 is 1. The molecule has 0 aliphatic rings. The van der Waals surface area contributed by atoms with Gasteiger partial charge in [-0.3, -0.25) is 4.79 Å². The molecule has 0 heterocycles. The van der Waals surface area contributed by atoms with E-state index in [1.54, 1.807) is 19.1 Å². The van der Waals surface area contributed by atoms with Crippen molar-refractivity contribution in [2.75, 3.05) is 54.0 Å². The second-order valence-electron chi connectivity index (χ2n) is 4.58. The Morgan fingerprint density at radius 3 is 2.61 bits per heavy atom. The number of nitrogens with zero attached hydrogens (tertiary/aromatic N) is 2. The van der Waals surface area contributed by atoms with Crippen molar-refractivity contribution in [1.82, 2.24) is 9.80 Å². The van der Waals surface area contributed by atoms with E-state index in [0.717, 1.165) is 6.42 Å². The number of carbonyl (C=O) groups excluding carboxylic acids is 1. The Bertz CT molecular complexity index is 227. The fourth-order valence-electron chi connectivity index (χ4n) is 1.63. The molecule has 0 bridgehead atoms. The minimum atomic E-state index is -0.509. The number of rotatable bonds is 10. The van der Waals surface area contributed by atoms with E-state index in [1.165, 1.54) is 0 Å². The standard InChI is InChI=1S/C12H27N3O3/c1-14(9-11(16)10-18-3)8-5-12(17)15(2)7-4-6-13/h11,16H,4-10,13H2,1-3H3. The van der Waals surface area contributed by atoms with Crippen molar-refractivity contribution in [3.63, 3.8) is 0 Å². The van der Waals surface area contributed by atoms with E-state index < -0.39 is 6.10 Å². The highest BCUT2D eigenvalue weighted by Gasteiger charge is 2.12. The molecule has 6 nitrogen and oxygen atoms in total. The molecule has 0 aromatic rings. The Morgan fingerprint density at radius 1 is 1.39 bits per heavy atom. The van der Waals surface area contributed by atoms with Crippen molar-refractivity contribution in [2.24, 2.45) is 5.73 Å². The highest BCUT2D eigenvalue weighted by molar-refractivity contribution is 5.76. The lowest BCUT2D eigenvalue weighted by Crippen LogP contribution is -2.36. The van der Waals surface area contributed by atoms with Crippen molar-refractivity contribution in [3.8, 4) is 0 Å². The molecular weight excluding hydrogens is 234 g/mol. The summed E-state index contributed by atoms with van der Waals surface area (Å²) in [6, 6.07) is 0.